The van der Waals surface area contributed by atoms with Crippen molar-refractivity contribution in [1.82, 2.24) is 0 Å². The minimum atomic E-state index is -0.854. The van der Waals surface area contributed by atoms with Crippen LogP contribution in [0.3, 0.4) is 0 Å². The zero-order chi connectivity index (χ0) is 20.1. The van der Waals surface area contributed by atoms with Gasteiger partial charge in [-0.05, 0) is 64.9 Å². The molecule has 4 heteroatoms. The number of aryl methyl sites for hydroxylation is 2. The average molecular weight is 378 g/mol. The van der Waals surface area contributed by atoms with Crippen LogP contribution < -0.4 is 4.74 Å². The summed E-state index contributed by atoms with van der Waals surface area (Å²) in [5, 5.41) is 9.05. The molecule has 0 amide bonds. The molecular weight excluding hydrogens is 355 g/mol. The molecule has 28 heavy (non-hydrogen) atoms. The molecule has 0 heterocycles. The van der Waals surface area contributed by atoms with E-state index in [2.05, 4.69) is 0 Å². The second-order valence-corrected chi connectivity index (χ2v) is 6.79. The summed E-state index contributed by atoms with van der Waals surface area (Å²) in [6.07, 6.45) is 0.407. The van der Waals surface area contributed by atoms with Crippen molar-refractivity contribution in [1.29, 1.82) is 0 Å². The number of hydrogen-bond donors (Lipinski definition) is 1. The summed E-state index contributed by atoms with van der Waals surface area (Å²) in [6.45, 7) is 1.44. The van der Waals surface area contributed by atoms with Crippen LogP contribution in [0.1, 0.15) is 23.1 Å². The number of ether oxygens (including phenoxy) is 1. The lowest BCUT2D eigenvalue weighted by atomic mass is 9.91. The lowest BCUT2D eigenvalue weighted by molar-refractivity contribution is -0.136. The van der Waals surface area contributed by atoms with E-state index in [4.69, 9.17) is 9.84 Å². The molecular formula is C24H23FO3. The molecule has 0 saturated carbocycles. The van der Waals surface area contributed by atoms with Crippen LogP contribution in [0.2, 0.25) is 0 Å². The first-order valence-corrected chi connectivity index (χ1v) is 9.17. The molecule has 0 unspecified atom stereocenters. The zero-order valence-corrected chi connectivity index (χ0v) is 16.0. The van der Waals surface area contributed by atoms with Crippen LogP contribution in [0.25, 0.3) is 22.3 Å². The lowest BCUT2D eigenvalue weighted by Crippen LogP contribution is -2.00. The maximum Gasteiger partial charge on any atom is 0.303 e. The van der Waals surface area contributed by atoms with Gasteiger partial charge in [0.1, 0.15) is 12.4 Å². The minimum Gasteiger partial charge on any atom is -0.497 e. The highest BCUT2D eigenvalue weighted by atomic mass is 19.1. The number of alkyl halides is 1. The van der Waals surface area contributed by atoms with Gasteiger partial charge in [-0.25, -0.2) is 4.39 Å². The Balaban J connectivity index is 2.05. The third kappa shape index (κ3) is 4.39. The van der Waals surface area contributed by atoms with Crippen LogP contribution in [0.4, 0.5) is 4.39 Å². The van der Waals surface area contributed by atoms with Crippen LogP contribution in [0.15, 0.2) is 60.7 Å². The molecule has 0 aliphatic heterocycles. The van der Waals surface area contributed by atoms with Gasteiger partial charge >= 0.3 is 5.97 Å². The van der Waals surface area contributed by atoms with Crippen molar-refractivity contribution in [2.75, 3.05) is 7.11 Å². The number of methoxy groups -OCH3 is 1. The van der Waals surface area contributed by atoms with Gasteiger partial charge in [0.05, 0.1) is 7.11 Å². The first-order valence-electron chi connectivity index (χ1n) is 9.17. The smallest absolute Gasteiger partial charge is 0.303 e. The van der Waals surface area contributed by atoms with Crippen LogP contribution in [-0.2, 0) is 17.9 Å². The van der Waals surface area contributed by atoms with E-state index in [0.29, 0.717) is 17.7 Å². The molecule has 0 aromatic heterocycles. The van der Waals surface area contributed by atoms with Gasteiger partial charge in [-0.15, -0.1) is 0 Å². The van der Waals surface area contributed by atoms with E-state index in [0.717, 1.165) is 33.4 Å². The molecule has 0 atom stereocenters. The lowest BCUT2D eigenvalue weighted by Gasteiger charge is -2.14. The van der Waals surface area contributed by atoms with E-state index in [1.807, 2.05) is 67.6 Å². The number of benzene rings is 3. The zero-order valence-electron chi connectivity index (χ0n) is 16.0. The summed E-state index contributed by atoms with van der Waals surface area (Å²) in [5.74, 6) is -0.181. The minimum absolute atomic E-state index is 0.0253. The fourth-order valence-corrected chi connectivity index (χ4v) is 3.39. The van der Waals surface area contributed by atoms with Gasteiger partial charge in [-0.1, -0.05) is 48.0 Å². The molecule has 1 N–H and O–H groups in total. The first-order chi connectivity index (χ1) is 13.5. The normalized spacial score (nSPS) is 10.7. The fourth-order valence-electron chi connectivity index (χ4n) is 3.39. The van der Waals surface area contributed by atoms with Crippen LogP contribution >= 0.6 is 0 Å². The second-order valence-electron chi connectivity index (χ2n) is 6.79. The Morgan fingerprint density at radius 2 is 1.68 bits per heavy atom. The number of aliphatic carboxylic acids is 1. The third-order valence-corrected chi connectivity index (χ3v) is 4.81. The highest BCUT2D eigenvalue weighted by molar-refractivity contribution is 5.76. The quantitative estimate of drug-likeness (QED) is 0.563. The van der Waals surface area contributed by atoms with Crippen molar-refractivity contribution >= 4 is 5.97 Å². The molecule has 0 aliphatic carbocycles. The largest absolute Gasteiger partial charge is 0.497 e. The van der Waals surface area contributed by atoms with E-state index >= 15 is 0 Å². The topological polar surface area (TPSA) is 46.5 Å². The van der Waals surface area contributed by atoms with Gasteiger partial charge in [-0.2, -0.15) is 0 Å². The molecule has 0 aliphatic rings. The van der Waals surface area contributed by atoms with Crippen molar-refractivity contribution in [3.05, 3.63) is 77.4 Å². The van der Waals surface area contributed by atoms with Gasteiger partial charge in [0.15, 0.2) is 0 Å². The van der Waals surface area contributed by atoms with Crippen molar-refractivity contribution in [2.24, 2.45) is 0 Å². The maximum absolute atomic E-state index is 13.8. The first kappa shape index (κ1) is 19.6. The molecule has 0 fully saturated rings. The standard InChI is InChI=1S/C24H23FO3/c1-16-4-3-5-17(12-16)23-9-6-18(13-20(23)15-25)22-10-8-21(28-2)14-19(22)7-11-24(26)27/h3-6,8-10,12-14H,7,11,15H2,1-2H3,(H,26,27). The molecule has 3 nitrogen and oxygen atoms in total. The van der Waals surface area contributed by atoms with E-state index in [-0.39, 0.29) is 6.42 Å². The van der Waals surface area contributed by atoms with Crippen molar-refractivity contribution in [3.63, 3.8) is 0 Å². The molecule has 0 bridgehead atoms. The fraction of sp³-hybridized carbons (Fsp3) is 0.208. The summed E-state index contributed by atoms with van der Waals surface area (Å²) in [7, 11) is 1.58. The summed E-state index contributed by atoms with van der Waals surface area (Å²) >= 11 is 0. The molecule has 0 saturated heterocycles. The molecule has 0 radical (unpaired) electrons. The predicted octanol–water partition coefficient (Wildman–Crippen LogP) is 5.82. The molecule has 3 rings (SSSR count). The number of halogens is 1. The summed E-state index contributed by atoms with van der Waals surface area (Å²) in [5.41, 5.74) is 6.23. The Morgan fingerprint density at radius 3 is 2.36 bits per heavy atom. The molecule has 3 aromatic rings. The Kier molecular flexibility index (Phi) is 6.09. The maximum atomic E-state index is 13.8. The van der Waals surface area contributed by atoms with Gasteiger partial charge in [-0.3, -0.25) is 4.79 Å². The average Bonchev–Trinajstić information content (AvgIpc) is 2.71. The molecule has 0 spiro atoms. The Labute approximate surface area is 164 Å². The highest BCUT2D eigenvalue weighted by Gasteiger charge is 2.12. The Bertz CT molecular complexity index is 995. The van der Waals surface area contributed by atoms with E-state index in [9.17, 15) is 9.18 Å². The van der Waals surface area contributed by atoms with E-state index in [1.165, 1.54) is 0 Å². The van der Waals surface area contributed by atoms with E-state index in [1.54, 1.807) is 7.11 Å². The van der Waals surface area contributed by atoms with Gasteiger partial charge < -0.3 is 9.84 Å². The van der Waals surface area contributed by atoms with Gasteiger partial charge in [0.25, 0.3) is 0 Å². The molecule has 3 aromatic carbocycles. The van der Waals surface area contributed by atoms with Gasteiger partial charge in [0, 0.05) is 6.42 Å². The van der Waals surface area contributed by atoms with Crippen molar-refractivity contribution < 1.29 is 19.0 Å². The summed E-state index contributed by atoms with van der Waals surface area (Å²) in [4.78, 5) is 11.0. The predicted molar refractivity (Wildman–Crippen MR) is 109 cm³/mol. The number of carboxylic acids is 1. The monoisotopic (exact) mass is 378 g/mol. The number of rotatable bonds is 7. The van der Waals surface area contributed by atoms with Crippen LogP contribution in [0.5, 0.6) is 5.75 Å². The second kappa shape index (κ2) is 8.70. The molecule has 144 valence electrons. The number of carbonyl (C=O) groups is 1. The van der Waals surface area contributed by atoms with Gasteiger partial charge in [0.2, 0.25) is 0 Å². The highest BCUT2D eigenvalue weighted by Crippen LogP contribution is 2.33. The third-order valence-electron chi connectivity index (χ3n) is 4.81. The SMILES string of the molecule is COc1ccc(-c2ccc(-c3cccc(C)c3)c(CF)c2)c(CCC(=O)O)c1. The number of carboxylic acid groups (broad SMARTS) is 1. The van der Waals surface area contributed by atoms with Crippen molar-refractivity contribution in [3.8, 4) is 28.0 Å². The summed E-state index contributed by atoms with van der Waals surface area (Å²) in [6, 6.07) is 19.3. The van der Waals surface area contributed by atoms with E-state index < -0.39 is 12.6 Å². The van der Waals surface area contributed by atoms with Crippen LogP contribution in [0, 0.1) is 6.92 Å². The Hall–Kier alpha value is -3.14. The number of hydrogen-bond acceptors (Lipinski definition) is 2. The Morgan fingerprint density at radius 1 is 0.964 bits per heavy atom. The summed E-state index contributed by atoms with van der Waals surface area (Å²) < 4.78 is 19.1. The van der Waals surface area contributed by atoms with Crippen molar-refractivity contribution in [2.45, 2.75) is 26.4 Å². The van der Waals surface area contributed by atoms with Crippen LogP contribution in [-0.4, -0.2) is 18.2 Å².